The molecule has 2 saturated heterocycles. The minimum absolute atomic E-state index is 0.0128. The first kappa shape index (κ1) is 26.0. The van der Waals surface area contributed by atoms with Gasteiger partial charge in [-0.05, 0) is 74.7 Å². The van der Waals surface area contributed by atoms with E-state index in [1.165, 1.54) is 31.2 Å². The van der Waals surface area contributed by atoms with Crippen LogP contribution in [0.3, 0.4) is 0 Å². The first-order valence-corrected chi connectivity index (χ1v) is 16.9. The van der Waals surface area contributed by atoms with Gasteiger partial charge in [-0.2, -0.15) is 11.8 Å². The van der Waals surface area contributed by atoms with E-state index in [9.17, 15) is 4.79 Å². The molecule has 0 bridgehead atoms. The fraction of sp³-hybridized carbons (Fsp3) is 0.731. The van der Waals surface area contributed by atoms with Crippen molar-refractivity contribution >= 4 is 26.4 Å². The molecule has 4 rings (SSSR count). The van der Waals surface area contributed by atoms with E-state index in [1.54, 1.807) is 0 Å². The molecule has 0 spiro atoms. The molecular formula is C26H42N2O4SSi. The Morgan fingerprint density at radius 3 is 2.59 bits per heavy atom. The number of piperidine rings is 1. The zero-order chi connectivity index (χ0) is 23.6. The zero-order valence-electron chi connectivity index (χ0n) is 20.7. The number of benzene rings is 1. The molecule has 190 valence electrons. The van der Waals surface area contributed by atoms with E-state index in [0.29, 0.717) is 18.8 Å². The molecule has 2 aliphatic heterocycles. The van der Waals surface area contributed by atoms with Crippen LogP contribution in [0.4, 0.5) is 4.79 Å². The quantitative estimate of drug-likeness (QED) is 0.324. The van der Waals surface area contributed by atoms with Gasteiger partial charge < -0.3 is 18.9 Å². The number of alkyl carbamates (subject to hydrolysis) is 1. The van der Waals surface area contributed by atoms with Crippen LogP contribution < -0.4 is 5.32 Å². The minimum Gasteiger partial charge on any atom is -0.445 e. The lowest BCUT2D eigenvalue weighted by molar-refractivity contribution is 0.0398. The number of amides is 1. The summed E-state index contributed by atoms with van der Waals surface area (Å²) in [5, 5.41) is 2.94. The van der Waals surface area contributed by atoms with Crippen LogP contribution in [-0.2, 0) is 20.1 Å². The second-order valence-electron chi connectivity index (χ2n) is 10.1. The second-order valence-corrected chi connectivity index (χ2v) is 14.6. The summed E-state index contributed by atoms with van der Waals surface area (Å²) in [4.78, 5) is 14.6. The number of nitrogens with one attached hydrogen (secondary N) is 1. The van der Waals surface area contributed by atoms with Crippen molar-refractivity contribution in [1.82, 2.24) is 10.2 Å². The molecule has 8 heteroatoms. The SMILES string of the molecule is C[Si]1(CCCSCCCNC(=O)OC2CCCN(Cc3ccccc3)C2)OC2CCCCC2O1. The van der Waals surface area contributed by atoms with E-state index in [1.807, 2.05) is 17.8 Å². The number of hydrogen-bond donors (Lipinski definition) is 1. The largest absolute Gasteiger partial charge is 0.445 e. The van der Waals surface area contributed by atoms with Gasteiger partial charge in [0.15, 0.2) is 0 Å². The highest BCUT2D eigenvalue weighted by atomic mass is 32.2. The van der Waals surface area contributed by atoms with E-state index in [4.69, 9.17) is 13.6 Å². The number of fused-ring (bicyclic) bond motifs is 1. The molecule has 6 nitrogen and oxygen atoms in total. The standard InChI is InChI=1S/C26H42N2O4SSi/c1-34(31-24-13-5-6-14-25(24)32-34)19-9-18-33-17-8-15-27-26(29)30-23-12-7-16-28(21-23)20-22-10-3-2-4-11-22/h2-4,10-11,23-25H,5-9,12-21H2,1H3,(H,27,29). The summed E-state index contributed by atoms with van der Waals surface area (Å²) in [7, 11) is -1.94. The maximum Gasteiger partial charge on any atom is 0.407 e. The smallest absolute Gasteiger partial charge is 0.407 e. The third-order valence-corrected chi connectivity index (χ3v) is 11.1. The van der Waals surface area contributed by atoms with Crippen molar-refractivity contribution in [3.63, 3.8) is 0 Å². The second kappa shape index (κ2) is 13.3. The van der Waals surface area contributed by atoms with Gasteiger partial charge in [0.2, 0.25) is 0 Å². The van der Waals surface area contributed by atoms with Crippen molar-refractivity contribution in [3.8, 4) is 0 Å². The van der Waals surface area contributed by atoms with E-state index < -0.39 is 8.56 Å². The average Bonchev–Trinajstić information content (AvgIpc) is 3.18. The van der Waals surface area contributed by atoms with E-state index >= 15 is 0 Å². The van der Waals surface area contributed by atoms with Gasteiger partial charge in [0.05, 0.1) is 12.2 Å². The highest BCUT2D eigenvalue weighted by molar-refractivity contribution is 7.99. The van der Waals surface area contributed by atoms with Crippen LogP contribution in [0.1, 0.15) is 56.9 Å². The lowest BCUT2D eigenvalue weighted by Crippen LogP contribution is -2.41. The Bertz CT molecular complexity index is 742. The summed E-state index contributed by atoms with van der Waals surface area (Å²) >= 11 is 1.96. The molecule has 0 radical (unpaired) electrons. The van der Waals surface area contributed by atoms with E-state index in [-0.39, 0.29) is 12.2 Å². The number of carbonyl (C=O) groups excluding carboxylic acids is 1. The lowest BCUT2D eigenvalue weighted by Gasteiger charge is -2.32. The molecule has 1 aliphatic carbocycles. The summed E-state index contributed by atoms with van der Waals surface area (Å²) in [6.07, 6.45) is 9.57. The van der Waals surface area contributed by atoms with Crippen molar-refractivity contribution in [3.05, 3.63) is 35.9 Å². The Hall–Kier alpha value is -1.06. The predicted octanol–water partition coefficient (Wildman–Crippen LogP) is 5.32. The van der Waals surface area contributed by atoms with Crippen molar-refractivity contribution < 1.29 is 18.4 Å². The third-order valence-electron chi connectivity index (χ3n) is 7.08. The number of thioether (sulfide) groups is 1. The molecule has 1 amide bonds. The molecule has 3 atom stereocenters. The molecule has 1 aromatic rings. The van der Waals surface area contributed by atoms with Crippen molar-refractivity contribution in [2.75, 3.05) is 31.1 Å². The van der Waals surface area contributed by atoms with E-state index in [2.05, 4.69) is 41.0 Å². The fourth-order valence-corrected chi connectivity index (χ4v) is 9.46. The molecule has 1 N–H and O–H groups in total. The maximum atomic E-state index is 12.2. The summed E-state index contributed by atoms with van der Waals surface area (Å²) in [5.74, 6) is 2.19. The molecule has 0 aromatic heterocycles. The van der Waals surface area contributed by atoms with Crippen LogP contribution in [0, 0.1) is 0 Å². The lowest BCUT2D eigenvalue weighted by atomic mass is 9.95. The number of likely N-dealkylation sites (tertiary alicyclic amines) is 1. The first-order valence-electron chi connectivity index (χ1n) is 13.2. The normalized spacial score (nSPS) is 29.5. The van der Waals surface area contributed by atoms with Gasteiger partial charge in [0.25, 0.3) is 0 Å². The minimum atomic E-state index is -1.94. The van der Waals surface area contributed by atoms with Crippen molar-refractivity contribution in [2.24, 2.45) is 0 Å². The molecule has 2 heterocycles. The average molecular weight is 507 g/mol. The molecule has 3 unspecified atom stereocenters. The number of nitrogens with zero attached hydrogens (tertiary/aromatic N) is 1. The monoisotopic (exact) mass is 506 g/mol. The van der Waals surface area contributed by atoms with Gasteiger partial charge in [-0.1, -0.05) is 43.2 Å². The van der Waals surface area contributed by atoms with Crippen LogP contribution in [0.15, 0.2) is 30.3 Å². The highest BCUT2D eigenvalue weighted by Crippen LogP contribution is 2.37. The molecule has 3 fully saturated rings. The van der Waals surface area contributed by atoms with Gasteiger partial charge in [0, 0.05) is 19.6 Å². The molecule has 1 saturated carbocycles. The van der Waals surface area contributed by atoms with Gasteiger partial charge in [-0.3, -0.25) is 4.90 Å². The van der Waals surface area contributed by atoms with Gasteiger partial charge >= 0.3 is 14.7 Å². The summed E-state index contributed by atoms with van der Waals surface area (Å²) in [5.41, 5.74) is 1.31. The third kappa shape index (κ3) is 8.26. The molecule has 1 aromatic carbocycles. The highest BCUT2D eigenvalue weighted by Gasteiger charge is 2.47. The van der Waals surface area contributed by atoms with Gasteiger partial charge in [-0.15, -0.1) is 0 Å². The van der Waals surface area contributed by atoms with Gasteiger partial charge in [-0.25, -0.2) is 4.79 Å². The van der Waals surface area contributed by atoms with E-state index in [0.717, 1.165) is 62.9 Å². The summed E-state index contributed by atoms with van der Waals surface area (Å²) in [6.45, 7) is 5.72. The Morgan fingerprint density at radius 2 is 1.82 bits per heavy atom. The van der Waals surface area contributed by atoms with Crippen LogP contribution in [0.2, 0.25) is 12.6 Å². The number of rotatable bonds is 11. The Balaban J connectivity index is 1.01. The maximum absolute atomic E-state index is 12.2. The zero-order valence-corrected chi connectivity index (χ0v) is 22.5. The van der Waals surface area contributed by atoms with Gasteiger partial charge in [0.1, 0.15) is 6.10 Å². The molecular weight excluding hydrogens is 464 g/mol. The van der Waals surface area contributed by atoms with Crippen LogP contribution in [0.25, 0.3) is 0 Å². The number of ether oxygens (including phenoxy) is 1. The molecule has 3 aliphatic rings. The number of carbonyl (C=O) groups is 1. The Labute approximate surface area is 210 Å². The van der Waals surface area contributed by atoms with Crippen LogP contribution >= 0.6 is 11.8 Å². The topological polar surface area (TPSA) is 60.0 Å². The summed E-state index contributed by atoms with van der Waals surface area (Å²) < 4.78 is 18.4. The van der Waals surface area contributed by atoms with Crippen molar-refractivity contribution in [2.45, 2.75) is 88.8 Å². The fourth-order valence-electron chi connectivity index (χ4n) is 5.37. The Kier molecular flexibility index (Phi) is 10.2. The predicted molar refractivity (Wildman–Crippen MR) is 140 cm³/mol. The first-order chi connectivity index (χ1) is 16.6. The molecule has 34 heavy (non-hydrogen) atoms. The van der Waals surface area contributed by atoms with Crippen molar-refractivity contribution in [1.29, 1.82) is 0 Å². The van der Waals surface area contributed by atoms with Crippen LogP contribution in [-0.4, -0.2) is 69.0 Å². The Morgan fingerprint density at radius 1 is 1.09 bits per heavy atom. The number of hydrogen-bond acceptors (Lipinski definition) is 6. The summed E-state index contributed by atoms with van der Waals surface area (Å²) in [6, 6.07) is 11.6. The van der Waals surface area contributed by atoms with Crippen LogP contribution in [0.5, 0.6) is 0 Å².